The van der Waals surface area contributed by atoms with Crippen molar-refractivity contribution in [1.29, 1.82) is 5.26 Å². The van der Waals surface area contributed by atoms with Gasteiger partial charge in [-0.15, -0.1) is 0 Å². The number of nitrogens with zero attached hydrogens (tertiary/aromatic N) is 1. The normalized spacial score (nSPS) is 9.40. The molecule has 4 nitrogen and oxygen atoms in total. The summed E-state index contributed by atoms with van der Waals surface area (Å²) in [4.78, 5) is 10.6. The van der Waals surface area contributed by atoms with Gasteiger partial charge in [-0.1, -0.05) is 6.07 Å². The first-order valence-corrected chi connectivity index (χ1v) is 4.38. The van der Waals surface area contributed by atoms with Crippen LogP contribution in [0.1, 0.15) is 16.7 Å². The zero-order valence-corrected chi connectivity index (χ0v) is 8.57. The van der Waals surface area contributed by atoms with Crippen molar-refractivity contribution in [3.8, 4) is 11.8 Å². The van der Waals surface area contributed by atoms with E-state index in [1.54, 1.807) is 19.1 Å². The fourth-order valence-electron chi connectivity index (χ4n) is 1.40. The van der Waals surface area contributed by atoms with Crippen molar-refractivity contribution in [2.24, 2.45) is 0 Å². The smallest absolute Gasteiger partial charge is 0.307 e. The molecule has 0 bridgehead atoms. The summed E-state index contributed by atoms with van der Waals surface area (Å²) < 4.78 is 5.00. The Balaban J connectivity index is 3.33. The number of methoxy groups -OCH3 is 1. The number of ether oxygens (including phenoxy) is 1. The van der Waals surface area contributed by atoms with Crippen LogP contribution in [0.2, 0.25) is 0 Å². The van der Waals surface area contributed by atoms with E-state index in [1.807, 2.05) is 6.07 Å². The third-order valence-electron chi connectivity index (χ3n) is 2.17. The lowest BCUT2D eigenvalue weighted by Crippen LogP contribution is -2.05. The molecule has 15 heavy (non-hydrogen) atoms. The molecule has 1 rings (SSSR count). The van der Waals surface area contributed by atoms with Gasteiger partial charge in [0.15, 0.2) is 0 Å². The second-order valence-corrected chi connectivity index (χ2v) is 3.12. The Bertz CT molecular complexity index is 432. The van der Waals surface area contributed by atoms with Gasteiger partial charge in [0, 0.05) is 0 Å². The lowest BCUT2D eigenvalue weighted by molar-refractivity contribution is -0.136. The second kappa shape index (κ2) is 4.47. The number of carbonyl (C=O) groups is 1. The number of carboxylic acid groups (broad SMARTS) is 1. The Morgan fingerprint density at radius 1 is 1.60 bits per heavy atom. The van der Waals surface area contributed by atoms with Gasteiger partial charge in [0.25, 0.3) is 0 Å². The highest BCUT2D eigenvalue weighted by molar-refractivity contribution is 5.73. The predicted octanol–water partition coefficient (Wildman–Crippen LogP) is 1.50. The Morgan fingerprint density at radius 2 is 2.27 bits per heavy atom. The molecule has 0 aromatic heterocycles. The van der Waals surface area contributed by atoms with Gasteiger partial charge >= 0.3 is 5.97 Å². The fourth-order valence-corrected chi connectivity index (χ4v) is 1.40. The maximum Gasteiger partial charge on any atom is 0.307 e. The van der Waals surface area contributed by atoms with Gasteiger partial charge in [0.2, 0.25) is 0 Å². The minimum absolute atomic E-state index is 0.161. The van der Waals surface area contributed by atoms with Gasteiger partial charge in [-0.25, -0.2) is 0 Å². The third-order valence-corrected chi connectivity index (χ3v) is 2.17. The minimum Gasteiger partial charge on any atom is -0.495 e. The molecular formula is C11H11NO3. The van der Waals surface area contributed by atoms with Gasteiger partial charge in [0.05, 0.1) is 19.1 Å². The molecule has 0 unspecified atom stereocenters. The van der Waals surface area contributed by atoms with E-state index < -0.39 is 5.97 Å². The number of nitriles is 1. The Kier molecular flexibility index (Phi) is 3.29. The van der Waals surface area contributed by atoms with Crippen LogP contribution in [0.3, 0.4) is 0 Å². The van der Waals surface area contributed by atoms with Crippen LogP contribution in [-0.4, -0.2) is 18.2 Å². The van der Waals surface area contributed by atoms with Crippen molar-refractivity contribution in [3.05, 3.63) is 28.8 Å². The van der Waals surface area contributed by atoms with Gasteiger partial charge in [-0.05, 0) is 24.1 Å². The molecule has 0 aliphatic carbocycles. The van der Waals surface area contributed by atoms with Crippen LogP contribution in [0, 0.1) is 18.3 Å². The third kappa shape index (κ3) is 2.26. The zero-order chi connectivity index (χ0) is 11.4. The first-order valence-electron chi connectivity index (χ1n) is 4.38. The summed E-state index contributed by atoms with van der Waals surface area (Å²) in [5, 5.41) is 17.7. The first kappa shape index (κ1) is 11.1. The molecule has 78 valence electrons. The number of hydrogen-bond acceptors (Lipinski definition) is 3. The largest absolute Gasteiger partial charge is 0.495 e. The van der Waals surface area contributed by atoms with Crippen LogP contribution in [-0.2, 0) is 11.2 Å². The summed E-state index contributed by atoms with van der Waals surface area (Å²) in [6.07, 6.45) is -0.161. The van der Waals surface area contributed by atoms with Gasteiger partial charge in [-0.3, -0.25) is 4.79 Å². The van der Waals surface area contributed by atoms with Crippen LogP contribution in [0.4, 0.5) is 0 Å². The first-order chi connectivity index (χ1) is 7.10. The Hall–Kier alpha value is -2.02. The number of hydrogen-bond donors (Lipinski definition) is 1. The summed E-state index contributed by atoms with van der Waals surface area (Å²) >= 11 is 0. The standard InChI is InChI=1S/C11H11NO3/c1-7-3-4-10(15-2)9(6-12)8(7)5-11(13)14/h3-4H,5H2,1-2H3,(H,13,14). The molecule has 0 spiro atoms. The van der Waals surface area contributed by atoms with E-state index in [9.17, 15) is 4.79 Å². The summed E-state index contributed by atoms with van der Waals surface area (Å²) in [5.74, 6) is -0.540. The zero-order valence-electron chi connectivity index (χ0n) is 8.57. The molecule has 0 aliphatic heterocycles. The Labute approximate surface area is 87.7 Å². The molecule has 0 fully saturated rings. The molecule has 0 heterocycles. The quantitative estimate of drug-likeness (QED) is 0.811. The van der Waals surface area contributed by atoms with Crippen molar-refractivity contribution in [3.63, 3.8) is 0 Å². The van der Waals surface area contributed by atoms with E-state index in [0.29, 0.717) is 16.9 Å². The molecule has 0 atom stereocenters. The molecule has 0 aliphatic rings. The highest BCUT2D eigenvalue weighted by Gasteiger charge is 2.14. The average molecular weight is 205 g/mol. The molecule has 0 amide bonds. The number of aliphatic carboxylic acids is 1. The summed E-state index contributed by atoms with van der Waals surface area (Å²) in [6.45, 7) is 1.78. The maximum atomic E-state index is 10.6. The van der Waals surface area contributed by atoms with Crippen molar-refractivity contribution >= 4 is 5.97 Å². The summed E-state index contributed by atoms with van der Waals surface area (Å²) in [6, 6.07) is 5.39. The van der Waals surface area contributed by atoms with E-state index in [1.165, 1.54) is 7.11 Å². The molecule has 0 radical (unpaired) electrons. The van der Waals surface area contributed by atoms with Crippen molar-refractivity contribution in [1.82, 2.24) is 0 Å². The molecule has 1 aromatic rings. The molecule has 0 saturated heterocycles. The van der Waals surface area contributed by atoms with Crippen LogP contribution in [0.25, 0.3) is 0 Å². The van der Waals surface area contributed by atoms with Gasteiger partial charge in [-0.2, -0.15) is 5.26 Å². The predicted molar refractivity (Wildman–Crippen MR) is 53.8 cm³/mol. The van der Waals surface area contributed by atoms with E-state index in [4.69, 9.17) is 15.1 Å². The van der Waals surface area contributed by atoms with E-state index >= 15 is 0 Å². The SMILES string of the molecule is COc1ccc(C)c(CC(=O)O)c1C#N. The minimum atomic E-state index is -0.956. The summed E-state index contributed by atoms with van der Waals surface area (Å²) in [5.41, 5.74) is 1.61. The fraction of sp³-hybridized carbons (Fsp3) is 0.273. The van der Waals surface area contributed by atoms with E-state index in [2.05, 4.69) is 0 Å². The van der Waals surface area contributed by atoms with Crippen molar-refractivity contribution in [2.45, 2.75) is 13.3 Å². The topological polar surface area (TPSA) is 70.3 Å². The number of aryl methyl sites for hydroxylation is 1. The van der Waals surface area contributed by atoms with Gasteiger partial charge in [0.1, 0.15) is 11.8 Å². The number of benzene rings is 1. The lowest BCUT2D eigenvalue weighted by Gasteiger charge is -2.09. The average Bonchev–Trinajstić information content (AvgIpc) is 2.20. The van der Waals surface area contributed by atoms with Crippen LogP contribution < -0.4 is 4.74 Å². The van der Waals surface area contributed by atoms with Crippen LogP contribution in [0.5, 0.6) is 5.75 Å². The monoisotopic (exact) mass is 205 g/mol. The van der Waals surface area contributed by atoms with E-state index in [-0.39, 0.29) is 6.42 Å². The van der Waals surface area contributed by atoms with Crippen molar-refractivity contribution in [2.75, 3.05) is 7.11 Å². The molecule has 0 saturated carbocycles. The Morgan fingerprint density at radius 3 is 2.73 bits per heavy atom. The molecule has 1 N–H and O–H groups in total. The van der Waals surface area contributed by atoms with E-state index in [0.717, 1.165) is 5.56 Å². The number of rotatable bonds is 3. The number of carboxylic acids is 1. The molecular weight excluding hydrogens is 194 g/mol. The van der Waals surface area contributed by atoms with Crippen LogP contribution in [0.15, 0.2) is 12.1 Å². The van der Waals surface area contributed by atoms with Crippen LogP contribution >= 0.6 is 0 Å². The highest BCUT2D eigenvalue weighted by atomic mass is 16.5. The lowest BCUT2D eigenvalue weighted by atomic mass is 9.99. The maximum absolute atomic E-state index is 10.6. The highest BCUT2D eigenvalue weighted by Crippen LogP contribution is 2.24. The molecule has 1 aromatic carbocycles. The molecule has 4 heteroatoms. The summed E-state index contributed by atoms with van der Waals surface area (Å²) in [7, 11) is 1.45. The van der Waals surface area contributed by atoms with Gasteiger partial charge < -0.3 is 9.84 Å². The second-order valence-electron chi connectivity index (χ2n) is 3.12. The van der Waals surface area contributed by atoms with Crippen molar-refractivity contribution < 1.29 is 14.6 Å².